The van der Waals surface area contributed by atoms with E-state index >= 15 is 0 Å². The second-order valence-corrected chi connectivity index (χ2v) is 6.44. The fraction of sp³-hybridized carbons (Fsp3) is 0.333. The summed E-state index contributed by atoms with van der Waals surface area (Å²) >= 11 is 0. The molecule has 4 atom stereocenters. The highest BCUT2D eigenvalue weighted by Crippen LogP contribution is 2.30. The maximum Gasteiger partial charge on any atom is 0.338 e. The van der Waals surface area contributed by atoms with Crippen molar-refractivity contribution in [2.24, 2.45) is 5.92 Å². The zero-order chi connectivity index (χ0) is 18.5. The van der Waals surface area contributed by atoms with Crippen molar-refractivity contribution in [1.29, 1.82) is 0 Å². The largest absolute Gasteiger partial charge is 0.459 e. The number of ether oxygens (including phenoxy) is 3. The van der Waals surface area contributed by atoms with Crippen LogP contribution in [-0.4, -0.2) is 36.9 Å². The molecule has 0 bridgehead atoms. The molecule has 5 heteroatoms. The van der Waals surface area contributed by atoms with Crippen molar-refractivity contribution >= 4 is 11.9 Å². The lowest BCUT2D eigenvalue weighted by Crippen LogP contribution is -2.31. The first-order valence-corrected chi connectivity index (χ1v) is 8.70. The van der Waals surface area contributed by atoms with Crippen LogP contribution < -0.4 is 0 Å². The predicted molar refractivity (Wildman–Crippen MR) is 95.9 cm³/mol. The van der Waals surface area contributed by atoms with Crippen LogP contribution in [0.15, 0.2) is 60.7 Å². The summed E-state index contributed by atoms with van der Waals surface area (Å²) < 4.78 is 16.9. The number of benzene rings is 2. The summed E-state index contributed by atoms with van der Waals surface area (Å²) in [7, 11) is 0. The van der Waals surface area contributed by atoms with Crippen molar-refractivity contribution in [3.8, 4) is 0 Å². The fourth-order valence-corrected chi connectivity index (χ4v) is 3.09. The molecule has 1 saturated heterocycles. The van der Waals surface area contributed by atoms with Crippen molar-refractivity contribution in [1.82, 2.24) is 0 Å². The number of hydrogen-bond acceptors (Lipinski definition) is 5. The number of carbonyl (C=O) groups excluding carboxylic acids is 2. The van der Waals surface area contributed by atoms with E-state index in [0.29, 0.717) is 11.1 Å². The highest BCUT2D eigenvalue weighted by molar-refractivity contribution is 5.89. The molecule has 0 N–H and O–H groups in total. The predicted octanol–water partition coefficient (Wildman–Crippen LogP) is 3.49. The first kappa shape index (κ1) is 18.1. The van der Waals surface area contributed by atoms with Crippen LogP contribution in [0.2, 0.25) is 0 Å². The van der Waals surface area contributed by atoms with E-state index in [9.17, 15) is 9.59 Å². The Labute approximate surface area is 152 Å². The van der Waals surface area contributed by atoms with Gasteiger partial charge in [-0.3, -0.25) is 0 Å². The van der Waals surface area contributed by atoms with Gasteiger partial charge in [-0.25, -0.2) is 9.59 Å². The fourth-order valence-electron chi connectivity index (χ4n) is 3.09. The minimum absolute atomic E-state index is 0.0822. The smallest absolute Gasteiger partial charge is 0.338 e. The molecule has 26 heavy (non-hydrogen) atoms. The summed E-state index contributed by atoms with van der Waals surface area (Å²) in [5, 5.41) is 0. The minimum Gasteiger partial charge on any atom is -0.459 e. The SMILES string of the molecule is CC1OC(COC(=O)c2ccccc2)C(C)C1OC(=O)c1ccccc1. The molecule has 0 radical (unpaired) electrons. The summed E-state index contributed by atoms with van der Waals surface area (Å²) in [6.07, 6.45) is -0.965. The monoisotopic (exact) mass is 354 g/mol. The van der Waals surface area contributed by atoms with Gasteiger partial charge >= 0.3 is 11.9 Å². The molecule has 0 saturated carbocycles. The molecular formula is C21H22O5. The molecule has 136 valence electrons. The third-order valence-corrected chi connectivity index (χ3v) is 4.60. The van der Waals surface area contributed by atoms with Gasteiger partial charge in [-0.2, -0.15) is 0 Å². The molecule has 1 aliphatic heterocycles. The molecule has 0 spiro atoms. The molecule has 1 heterocycles. The Bertz CT molecular complexity index is 744. The molecule has 4 unspecified atom stereocenters. The normalized spacial score (nSPS) is 24.8. The van der Waals surface area contributed by atoms with Crippen LogP contribution in [0.1, 0.15) is 34.6 Å². The van der Waals surface area contributed by atoms with Gasteiger partial charge in [-0.15, -0.1) is 0 Å². The van der Waals surface area contributed by atoms with Gasteiger partial charge in [-0.1, -0.05) is 43.3 Å². The van der Waals surface area contributed by atoms with Gasteiger partial charge in [0.15, 0.2) is 0 Å². The van der Waals surface area contributed by atoms with Gasteiger partial charge in [0.1, 0.15) is 12.7 Å². The van der Waals surface area contributed by atoms with Crippen LogP contribution in [0, 0.1) is 5.92 Å². The van der Waals surface area contributed by atoms with Gasteiger partial charge < -0.3 is 14.2 Å². The summed E-state index contributed by atoms with van der Waals surface area (Å²) in [6.45, 7) is 3.92. The number of rotatable bonds is 5. The van der Waals surface area contributed by atoms with Crippen LogP contribution in [0.5, 0.6) is 0 Å². The third-order valence-electron chi connectivity index (χ3n) is 4.60. The average Bonchev–Trinajstić information content (AvgIpc) is 2.95. The van der Waals surface area contributed by atoms with Crippen molar-refractivity contribution in [2.45, 2.75) is 32.2 Å². The van der Waals surface area contributed by atoms with Crippen LogP contribution in [0.25, 0.3) is 0 Å². The second-order valence-electron chi connectivity index (χ2n) is 6.44. The minimum atomic E-state index is -0.390. The highest BCUT2D eigenvalue weighted by atomic mass is 16.6. The Balaban J connectivity index is 1.56. The van der Waals surface area contributed by atoms with Crippen LogP contribution >= 0.6 is 0 Å². The summed E-state index contributed by atoms with van der Waals surface area (Å²) in [6, 6.07) is 17.7. The Morgan fingerprint density at radius 2 is 1.42 bits per heavy atom. The lowest BCUT2D eigenvalue weighted by atomic mass is 9.99. The summed E-state index contributed by atoms with van der Waals surface area (Å²) in [5.41, 5.74) is 1.00. The number of esters is 2. The summed E-state index contributed by atoms with van der Waals surface area (Å²) in [4.78, 5) is 24.4. The van der Waals surface area contributed by atoms with E-state index in [1.165, 1.54) is 0 Å². The molecule has 0 amide bonds. The molecule has 2 aromatic rings. The molecule has 1 aliphatic rings. The van der Waals surface area contributed by atoms with Crippen molar-refractivity contribution in [3.63, 3.8) is 0 Å². The Morgan fingerprint density at radius 1 is 0.885 bits per heavy atom. The van der Waals surface area contributed by atoms with E-state index in [-0.39, 0.29) is 36.8 Å². The zero-order valence-electron chi connectivity index (χ0n) is 14.8. The molecule has 2 aromatic carbocycles. The molecule has 1 fully saturated rings. The van der Waals surface area contributed by atoms with Crippen LogP contribution in [-0.2, 0) is 14.2 Å². The van der Waals surface area contributed by atoms with Gasteiger partial charge in [0.2, 0.25) is 0 Å². The van der Waals surface area contributed by atoms with Gasteiger partial charge in [0.05, 0.1) is 23.3 Å². The van der Waals surface area contributed by atoms with Gasteiger partial charge in [0, 0.05) is 5.92 Å². The van der Waals surface area contributed by atoms with E-state index in [1.54, 1.807) is 48.5 Å². The number of carbonyl (C=O) groups is 2. The molecule has 5 nitrogen and oxygen atoms in total. The lowest BCUT2D eigenvalue weighted by Gasteiger charge is -2.20. The Hall–Kier alpha value is -2.66. The zero-order valence-corrected chi connectivity index (χ0v) is 14.8. The van der Waals surface area contributed by atoms with Crippen molar-refractivity contribution < 1.29 is 23.8 Å². The Kier molecular flexibility index (Phi) is 5.68. The first-order chi connectivity index (χ1) is 12.6. The molecular weight excluding hydrogens is 332 g/mol. The lowest BCUT2D eigenvalue weighted by molar-refractivity contribution is -0.0209. The number of hydrogen-bond donors (Lipinski definition) is 0. The second kappa shape index (κ2) is 8.15. The van der Waals surface area contributed by atoms with Crippen molar-refractivity contribution in [3.05, 3.63) is 71.8 Å². The van der Waals surface area contributed by atoms with E-state index in [2.05, 4.69) is 0 Å². The van der Waals surface area contributed by atoms with Crippen molar-refractivity contribution in [2.75, 3.05) is 6.61 Å². The maximum atomic E-state index is 12.3. The average molecular weight is 354 g/mol. The summed E-state index contributed by atoms with van der Waals surface area (Å²) in [5.74, 6) is -0.847. The van der Waals surface area contributed by atoms with Crippen LogP contribution in [0.3, 0.4) is 0 Å². The quantitative estimate of drug-likeness (QED) is 0.769. The third kappa shape index (κ3) is 4.11. The standard InChI is InChI=1S/C21H22O5/c1-14-18(13-24-20(22)16-9-5-3-6-10-16)25-15(2)19(14)26-21(23)17-11-7-4-8-12-17/h3-12,14-15,18-19H,13H2,1-2H3. The van der Waals surface area contributed by atoms with Gasteiger partial charge in [0.25, 0.3) is 0 Å². The highest BCUT2D eigenvalue weighted by Gasteiger charge is 2.42. The van der Waals surface area contributed by atoms with E-state index in [0.717, 1.165) is 0 Å². The Morgan fingerprint density at radius 3 is 2.00 bits per heavy atom. The van der Waals surface area contributed by atoms with E-state index in [1.807, 2.05) is 26.0 Å². The molecule has 0 aliphatic carbocycles. The van der Waals surface area contributed by atoms with Gasteiger partial charge in [-0.05, 0) is 31.2 Å². The maximum absolute atomic E-state index is 12.3. The van der Waals surface area contributed by atoms with E-state index < -0.39 is 5.97 Å². The van der Waals surface area contributed by atoms with Crippen LogP contribution in [0.4, 0.5) is 0 Å². The van der Waals surface area contributed by atoms with E-state index in [4.69, 9.17) is 14.2 Å². The first-order valence-electron chi connectivity index (χ1n) is 8.70. The topological polar surface area (TPSA) is 61.8 Å². The molecule has 3 rings (SSSR count). The molecule has 0 aromatic heterocycles.